The van der Waals surface area contributed by atoms with Gasteiger partial charge in [0.1, 0.15) is 12.6 Å². The van der Waals surface area contributed by atoms with Crippen molar-refractivity contribution in [2.24, 2.45) is 0 Å². The van der Waals surface area contributed by atoms with Crippen molar-refractivity contribution in [3.63, 3.8) is 0 Å². The molecule has 0 aliphatic carbocycles. The Bertz CT molecular complexity index is 399. The Balaban J connectivity index is 2.68. The zero-order valence-corrected chi connectivity index (χ0v) is 9.04. The number of terminal acetylenes is 1. The third-order valence-electron chi connectivity index (χ3n) is 2.01. The van der Waals surface area contributed by atoms with E-state index < -0.39 is 18.4 Å². The largest absolute Gasteiger partial charge is 0.480 e. The first kappa shape index (κ1) is 13.2. The smallest absolute Gasteiger partial charge is 0.325 e. The van der Waals surface area contributed by atoms with Gasteiger partial charge in [-0.15, -0.1) is 6.42 Å². The van der Waals surface area contributed by atoms with Crippen LogP contribution >= 0.6 is 0 Å². The summed E-state index contributed by atoms with van der Waals surface area (Å²) in [5.74, 6) is 1.06. The SMILES string of the molecule is C#CCOC(O)N[C@@H](C(=O)O)c1ccccc1. The molecule has 2 atom stereocenters. The normalized spacial score (nSPS) is 13.6. The maximum Gasteiger partial charge on any atom is 0.325 e. The molecule has 90 valence electrons. The molecule has 5 nitrogen and oxygen atoms in total. The number of carboxylic acid groups (broad SMARTS) is 1. The summed E-state index contributed by atoms with van der Waals surface area (Å²) < 4.78 is 4.74. The zero-order valence-electron chi connectivity index (χ0n) is 9.04. The van der Waals surface area contributed by atoms with Crippen LogP contribution in [0.3, 0.4) is 0 Å². The van der Waals surface area contributed by atoms with Gasteiger partial charge in [0.05, 0.1) is 0 Å². The summed E-state index contributed by atoms with van der Waals surface area (Å²) in [6.07, 6.45) is 3.52. The number of aliphatic hydroxyl groups is 1. The minimum Gasteiger partial charge on any atom is -0.480 e. The molecule has 0 heterocycles. The van der Waals surface area contributed by atoms with E-state index in [9.17, 15) is 9.90 Å². The van der Waals surface area contributed by atoms with Crippen LogP contribution in [0.25, 0.3) is 0 Å². The van der Waals surface area contributed by atoms with Crippen molar-refractivity contribution < 1.29 is 19.7 Å². The highest BCUT2D eigenvalue weighted by molar-refractivity contribution is 5.75. The lowest BCUT2D eigenvalue weighted by Gasteiger charge is -2.18. The molecule has 0 aromatic heterocycles. The predicted octanol–water partition coefficient (Wildman–Crippen LogP) is 0.328. The molecule has 0 fully saturated rings. The van der Waals surface area contributed by atoms with Crippen LogP contribution in [0, 0.1) is 12.3 Å². The second kappa shape index (κ2) is 6.66. The molecule has 0 radical (unpaired) electrons. The summed E-state index contributed by atoms with van der Waals surface area (Å²) in [4.78, 5) is 11.0. The second-order valence-corrected chi connectivity index (χ2v) is 3.22. The quantitative estimate of drug-likeness (QED) is 0.489. The first-order chi connectivity index (χ1) is 8.15. The van der Waals surface area contributed by atoms with Crippen molar-refractivity contribution in [2.45, 2.75) is 12.5 Å². The molecular weight excluding hydrogens is 222 g/mol. The van der Waals surface area contributed by atoms with Gasteiger partial charge in [0.25, 0.3) is 0 Å². The monoisotopic (exact) mass is 235 g/mol. The number of aliphatic carboxylic acids is 1. The van der Waals surface area contributed by atoms with E-state index in [2.05, 4.69) is 11.2 Å². The Kier molecular flexibility index (Phi) is 5.17. The number of ether oxygens (including phenoxy) is 1. The molecule has 0 saturated carbocycles. The number of rotatable bonds is 6. The van der Waals surface area contributed by atoms with Gasteiger partial charge in [-0.25, -0.2) is 0 Å². The Morgan fingerprint density at radius 2 is 2.12 bits per heavy atom. The van der Waals surface area contributed by atoms with Crippen molar-refractivity contribution in [3.8, 4) is 12.3 Å². The molecule has 17 heavy (non-hydrogen) atoms. The number of hydrogen-bond donors (Lipinski definition) is 3. The van der Waals surface area contributed by atoms with E-state index in [1.54, 1.807) is 30.3 Å². The predicted molar refractivity (Wildman–Crippen MR) is 60.7 cm³/mol. The molecule has 3 N–H and O–H groups in total. The highest BCUT2D eigenvalue weighted by Crippen LogP contribution is 2.13. The number of hydrogen-bond acceptors (Lipinski definition) is 4. The first-order valence-corrected chi connectivity index (χ1v) is 4.92. The molecule has 1 rings (SSSR count). The van der Waals surface area contributed by atoms with Gasteiger partial charge in [-0.05, 0) is 5.56 Å². The fraction of sp³-hybridized carbons (Fsp3) is 0.250. The number of nitrogens with one attached hydrogen (secondary N) is 1. The molecule has 0 aliphatic rings. The van der Waals surface area contributed by atoms with Crippen LogP contribution in [0.5, 0.6) is 0 Å². The highest BCUT2D eigenvalue weighted by atomic mass is 16.6. The van der Waals surface area contributed by atoms with Crippen LogP contribution < -0.4 is 5.32 Å². The molecule has 0 aliphatic heterocycles. The number of carboxylic acids is 1. The Morgan fingerprint density at radius 1 is 1.47 bits per heavy atom. The van der Waals surface area contributed by atoms with Crippen LogP contribution in [0.1, 0.15) is 11.6 Å². The Hall–Kier alpha value is -1.87. The average molecular weight is 235 g/mol. The average Bonchev–Trinajstić information content (AvgIpc) is 2.34. The van der Waals surface area contributed by atoms with E-state index in [1.165, 1.54) is 0 Å². The van der Waals surface area contributed by atoms with Gasteiger partial charge in [-0.1, -0.05) is 36.3 Å². The lowest BCUT2D eigenvalue weighted by Crippen LogP contribution is -2.38. The lowest BCUT2D eigenvalue weighted by molar-refractivity contribution is -0.149. The van der Waals surface area contributed by atoms with Crippen LogP contribution in [0.15, 0.2) is 30.3 Å². The fourth-order valence-corrected chi connectivity index (χ4v) is 1.27. The van der Waals surface area contributed by atoms with Crippen molar-refractivity contribution in [1.82, 2.24) is 5.32 Å². The summed E-state index contributed by atoms with van der Waals surface area (Å²) in [7, 11) is 0. The maximum absolute atomic E-state index is 11.0. The Morgan fingerprint density at radius 3 is 2.65 bits per heavy atom. The minimum atomic E-state index is -1.42. The summed E-state index contributed by atoms with van der Waals surface area (Å²) >= 11 is 0. The molecule has 0 saturated heterocycles. The van der Waals surface area contributed by atoms with Crippen LogP contribution in [0.4, 0.5) is 0 Å². The standard InChI is InChI=1S/C12H13NO4/c1-2-8-17-12(16)13-10(11(14)15)9-6-4-3-5-7-9/h1,3-7,10,12-13,16H,8H2,(H,14,15)/t10-,12?/m1/s1. The lowest BCUT2D eigenvalue weighted by atomic mass is 10.1. The van der Waals surface area contributed by atoms with Gasteiger partial charge in [0.15, 0.2) is 0 Å². The number of aliphatic hydroxyl groups excluding tert-OH is 1. The molecular formula is C12H13NO4. The molecule has 0 spiro atoms. The molecule has 0 bridgehead atoms. The van der Waals surface area contributed by atoms with Gasteiger partial charge >= 0.3 is 5.97 Å². The topological polar surface area (TPSA) is 78.8 Å². The van der Waals surface area contributed by atoms with Crippen LogP contribution in [0.2, 0.25) is 0 Å². The highest BCUT2D eigenvalue weighted by Gasteiger charge is 2.22. The van der Waals surface area contributed by atoms with E-state index in [4.69, 9.17) is 16.3 Å². The van der Waals surface area contributed by atoms with E-state index in [0.29, 0.717) is 5.56 Å². The van der Waals surface area contributed by atoms with Crippen LogP contribution in [-0.4, -0.2) is 29.2 Å². The summed E-state index contributed by atoms with van der Waals surface area (Å²) in [6.45, 7) is -0.102. The van der Waals surface area contributed by atoms with Gasteiger partial charge in [-0.2, -0.15) is 0 Å². The summed E-state index contributed by atoms with van der Waals surface area (Å²) in [6, 6.07) is 7.42. The molecule has 1 unspecified atom stereocenters. The molecule has 1 aromatic rings. The Labute approximate surface area is 99.0 Å². The second-order valence-electron chi connectivity index (χ2n) is 3.22. The van der Waals surface area contributed by atoms with Crippen molar-refractivity contribution in [1.29, 1.82) is 0 Å². The third-order valence-corrected chi connectivity index (χ3v) is 2.01. The fourth-order valence-electron chi connectivity index (χ4n) is 1.27. The van der Waals surface area contributed by atoms with Crippen molar-refractivity contribution in [3.05, 3.63) is 35.9 Å². The third kappa shape index (κ3) is 4.25. The zero-order chi connectivity index (χ0) is 12.7. The van der Waals surface area contributed by atoms with E-state index in [1.807, 2.05) is 0 Å². The van der Waals surface area contributed by atoms with Crippen molar-refractivity contribution >= 4 is 5.97 Å². The van der Waals surface area contributed by atoms with E-state index >= 15 is 0 Å². The van der Waals surface area contributed by atoms with E-state index in [-0.39, 0.29) is 6.61 Å². The molecule has 1 aromatic carbocycles. The van der Waals surface area contributed by atoms with Crippen LogP contribution in [-0.2, 0) is 9.53 Å². The van der Waals surface area contributed by atoms with E-state index in [0.717, 1.165) is 0 Å². The van der Waals surface area contributed by atoms with Crippen molar-refractivity contribution in [2.75, 3.05) is 6.61 Å². The van der Waals surface area contributed by atoms with Gasteiger partial charge < -0.3 is 14.9 Å². The van der Waals surface area contributed by atoms with Gasteiger partial charge in [0.2, 0.25) is 6.41 Å². The van der Waals surface area contributed by atoms with Gasteiger partial charge in [-0.3, -0.25) is 10.1 Å². The first-order valence-electron chi connectivity index (χ1n) is 4.92. The summed E-state index contributed by atoms with van der Waals surface area (Å²) in [5.41, 5.74) is 0.517. The summed E-state index contributed by atoms with van der Waals surface area (Å²) in [5, 5.41) is 20.8. The number of benzene rings is 1. The number of carbonyl (C=O) groups is 1. The maximum atomic E-state index is 11.0. The van der Waals surface area contributed by atoms with Gasteiger partial charge in [0, 0.05) is 0 Å². The minimum absolute atomic E-state index is 0.102. The molecule has 0 amide bonds. The molecule has 5 heteroatoms.